The topological polar surface area (TPSA) is 55.5 Å². The van der Waals surface area contributed by atoms with Gasteiger partial charge in [0.15, 0.2) is 11.5 Å². The molecule has 0 amide bonds. The standard InChI is InChI=1S/C30H34N2O3/c1-19(2)29-25-17-21(20-5-9-23(10-6-20)35-24-13-15-31-16-14-24)7-11-26(25)32-30(29)22-8-12-27(33-3)28(18-22)34-4/h5-12,17-19,24,31-32H,13-16H2,1-4H3. The third kappa shape index (κ3) is 4.73. The van der Waals surface area contributed by atoms with Crippen molar-refractivity contribution in [3.05, 3.63) is 66.2 Å². The first-order valence-corrected chi connectivity index (χ1v) is 12.4. The van der Waals surface area contributed by atoms with Crippen LogP contribution in [0.3, 0.4) is 0 Å². The van der Waals surface area contributed by atoms with Crippen LogP contribution >= 0.6 is 0 Å². The molecule has 1 aliphatic heterocycles. The molecule has 182 valence electrons. The molecule has 0 atom stereocenters. The molecule has 3 aromatic carbocycles. The molecular weight excluding hydrogens is 436 g/mol. The van der Waals surface area contributed by atoms with Crippen molar-refractivity contribution >= 4 is 10.9 Å². The molecule has 0 unspecified atom stereocenters. The third-order valence-corrected chi connectivity index (χ3v) is 6.86. The number of fused-ring (bicyclic) bond motifs is 1. The normalized spacial score (nSPS) is 14.4. The fourth-order valence-electron chi connectivity index (χ4n) is 5.04. The Labute approximate surface area is 207 Å². The number of benzene rings is 3. The minimum Gasteiger partial charge on any atom is -0.493 e. The van der Waals surface area contributed by atoms with Crippen molar-refractivity contribution in [2.45, 2.75) is 38.7 Å². The Morgan fingerprint density at radius 1 is 0.771 bits per heavy atom. The second-order valence-electron chi connectivity index (χ2n) is 9.49. The molecule has 5 nitrogen and oxygen atoms in total. The molecule has 0 saturated carbocycles. The average molecular weight is 471 g/mol. The van der Waals surface area contributed by atoms with Gasteiger partial charge in [-0.05, 0) is 91.0 Å². The van der Waals surface area contributed by atoms with E-state index in [4.69, 9.17) is 14.2 Å². The quantitative estimate of drug-likeness (QED) is 0.313. The van der Waals surface area contributed by atoms with E-state index in [0.29, 0.717) is 12.0 Å². The number of aromatic amines is 1. The van der Waals surface area contributed by atoms with Crippen LogP contribution in [0.5, 0.6) is 17.2 Å². The predicted molar refractivity (Wildman–Crippen MR) is 143 cm³/mol. The van der Waals surface area contributed by atoms with Crippen molar-refractivity contribution in [2.75, 3.05) is 27.3 Å². The van der Waals surface area contributed by atoms with E-state index in [1.54, 1.807) is 14.2 Å². The number of piperidine rings is 1. The van der Waals surface area contributed by atoms with Gasteiger partial charge in [-0.1, -0.05) is 32.0 Å². The summed E-state index contributed by atoms with van der Waals surface area (Å²) in [7, 11) is 3.33. The molecule has 0 bridgehead atoms. The fourth-order valence-corrected chi connectivity index (χ4v) is 5.04. The van der Waals surface area contributed by atoms with Gasteiger partial charge in [-0.15, -0.1) is 0 Å². The van der Waals surface area contributed by atoms with E-state index >= 15 is 0 Å². The molecule has 2 N–H and O–H groups in total. The Bertz CT molecular complexity index is 1300. The summed E-state index contributed by atoms with van der Waals surface area (Å²) in [6.07, 6.45) is 2.43. The van der Waals surface area contributed by atoms with Crippen LogP contribution < -0.4 is 19.5 Å². The van der Waals surface area contributed by atoms with Gasteiger partial charge in [0, 0.05) is 16.5 Å². The van der Waals surface area contributed by atoms with E-state index in [1.807, 2.05) is 12.1 Å². The highest BCUT2D eigenvalue weighted by Crippen LogP contribution is 2.40. The molecule has 1 saturated heterocycles. The van der Waals surface area contributed by atoms with Gasteiger partial charge in [0.1, 0.15) is 11.9 Å². The highest BCUT2D eigenvalue weighted by molar-refractivity contribution is 5.94. The molecule has 1 aliphatic rings. The minimum atomic E-state index is 0.307. The van der Waals surface area contributed by atoms with E-state index in [-0.39, 0.29) is 0 Å². The molecule has 0 spiro atoms. The first kappa shape index (κ1) is 23.3. The molecule has 5 rings (SSSR count). The average Bonchev–Trinajstić information content (AvgIpc) is 3.28. The molecule has 0 radical (unpaired) electrons. The summed E-state index contributed by atoms with van der Waals surface area (Å²) >= 11 is 0. The van der Waals surface area contributed by atoms with Crippen LogP contribution in [-0.2, 0) is 0 Å². The number of H-pyrrole nitrogens is 1. The van der Waals surface area contributed by atoms with Crippen LogP contribution in [0.4, 0.5) is 0 Å². The molecule has 4 aromatic rings. The summed E-state index contributed by atoms with van der Waals surface area (Å²) in [4.78, 5) is 3.66. The lowest BCUT2D eigenvalue weighted by atomic mass is 9.94. The Morgan fingerprint density at radius 3 is 2.14 bits per heavy atom. The minimum absolute atomic E-state index is 0.307. The maximum Gasteiger partial charge on any atom is 0.161 e. The monoisotopic (exact) mass is 470 g/mol. The van der Waals surface area contributed by atoms with Crippen LogP contribution in [0.1, 0.15) is 38.2 Å². The number of rotatable bonds is 7. The van der Waals surface area contributed by atoms with Crippen LogP contribution in [-0.4, -0.2) is 38.4 Å². The molecule has 2 heterocycles. The summed E-state index contributed by atoms with van der Waals surface area (Å²) in [6.45, 7) is 6.55. The number of hydrogen-bond acceptors (Lipinski definition) is 4. The van der Waals surface area contributed by atoms with Crippen LogP contribution in [0, 0.1) is 0 Å². The van der Waals surface area contributed by atoms with Crippen molar-refractivity contribution < 1.29 is 14.2 Å². The molecule has 1 aromatic heterocycles. The molecule has 0 aliphatic carbocycles. The molecular formula is C30H34N2O3. The number of aromatic nitrogens is 1. The summed E-state index contributed by atoms with van der Waals surface area (Å²) in [5.41, 5.74) is 7.04. The Morgan fingerprint density at radius 2 is 1.46 bits per heavy atom. The number of hydrogen-bond donors (Lipinski definition) is 2. The van der Waals surface area contributed by atoms with Crippen molar-refractivity contribution in [3.63, 3.8) is 0 Å². The third-order valence-electron chi connectivity index (χ3n) is 6.86. The lowest BCUT2D eigenvalue weighted by Gasteiger charge is -2.23. The maximum absolute atomic E-state index is 6.19. The second-order valence-corrected chi connectivity index (χ2v) is 9.49. The van der Waals surface area contributed by atoms with Crippen LogP contribution in [0.2, 0.25) is 0 Å². The smallest absolute Gasteiger partial charge is 0.161 e. The molecule has 1 fully saturated rings. The summed E-state index contributed by atoms with van der Waals surface area (Å²) in [5.74, 6) is 2.75. The summed E-state index contributed by atoms with van der Waals surface area (Å²) in [6, 6.07) is 21.3. The Balaban J connectivity index is 1.49. The fraction of sp³-hybridized carbons (Fsp3) is 0.333. The zero-order valence-corrected chi connectivity index (χ0v) is 21.0. The number of methoxy groups -OCH3 is 2. The predicted octanol–water partition coefficient (Wildman–Crippen LogP) is 6.77. The second kappa shape index (κ2) is 10.0. The largest absolute Gasteiger partial charge is 0.493 e. The SMILES string of the molecule is COc1ccc(-c2[nH]c3ccc(-c4ccc(OC5CCNCC5)cc4)cc3c2C(C)C)cc1OC. The van der Waals surface area contributed by atoms with E-state index in [1.165, 1.54) is 22.1 Å². The summed E-state index contributed by atoms with van der Waals surface area (Å²) in [5, 5.41) is 4.63. The Kier molecular flexibility index (Phi) is 6.69. The zero-order valence-electron chi connectivity index (χ0n) is 21.0. The Hall–Kier alpha value is -3.44. The van der Waals surface area contributed by atoms with E-state index in [2.05, 4.69) is 72.7 Å². The zero-order chi connectivity index (χ0) is 24.4. The van der Waals surface area contributed by atoms with Crippen LogP contribution in [0.25, 0.3) is 33.3 Å². The highest BCUT2D eigenvalue weighted by Gasteiger charge is 2.19. The summed E-state index contributed by atoms with van der Waals surface area (Å²) < 4.78 is 17.2. The molecule has 5 heteroatoms. The van der Waals surface area contributed by atoms with E-state index < -0.39 is 0 Å². The van der Waals surface area contributed by atoms with Gasteiger partial charge in [-0.25, -0.2) is 0 Å². The van der Waals surface area contributed by atoms with Gasteiger partial charge < -0.3 is 24.5 Å². The van der Waals surface area contributed by atoms with Crippen molar-refractivity contribution in [2.24, 2.45) is 0 Å². The first-order valence-electron chi connectivity index (χ1n) is 12.4. The van der Waals surface area contributed by atoms with Crippen molar-refractivity contribution in [1.82, 2.24) is 10.3 Å². The van der Waals surface area contributed by atoms with Gasteiger partial charge >= 0.3 is 0 Å². The van der Waals surface area contributed by atoms with Gasteiger partial charge in [-0.3, -0.25) is 0 Å². The lowest BCUT2D eigenvalue weighted by molar-refractivity contribution is 0.162. The van der Waals surface area contributed by atoms with Crippen molar-refractivity contribution in [1.29, 1.82) is 0 Å². The number of nitrogens with one attached hydrogen (secondary N) is 2. The maximum atomic E-state index is 6.19. The van der Waals surface area contributed by atoms with Crippen molar-refractivity contribution in [3.8, 4) is 39.6 Å². The molecule has 35 heavy (non-hydrogen) atoms. The lowest BCUT2D eigenvalue weighted by Crippen LogP contribution is -2.34. The van der Waals surface area contributed by atoms with E-state index in [9.17, 15) is 0 Å². The highest BCUT2D eigenvalue weighted by atomic mass is 16.5. The van der Waals surface area contributed by atoms with Crippen LogP contribution in [0.15, 0.2) is 60.7 Å². The first-order chi connectivity index (χ1) is 17.1. The van der Waals surface area contributed by atoms with Gasteiger partial charge in [0.25, 0.3) is 0 Å². The van der Waals surface area contributed by atoms with Gasteiger partial charge in [0.05, 0.1) is 19.9 Å². The van der Waals surface area contributed by atoms with Gasteiger partial charge in [-0.2, -0.15) is 0 Å². The van der Waals surface area contributed by atoms with E-state index in [0.717, 1.165) is 60.0 Å². The number of ether oxygens (including phenoxy) is 3. The van der Waals surface area contributed by atoms with Gasteiger partial charge in [0.2, 0.25) is 0 Å².